The van der Waals surface area contributed by atoms with Crippen LogP contribution >= 0.6 is 0 Å². The molecule has 0 aliphatic carbocycles. The largest absolute Gasteiger partial charge is 0.493 e. The Balaban J connectivity index is 2.14. The summed E-state index contributed by atoms with van der Waals surface area (Å²) in [6.45, 7) is 2.84. The standard InChI is InChI=1S/C17H20FNO2/c1-12-4-7-16(17(8-12)20-3)21-11-14-9-13(10-19-2)5-6-15(14)18/h4-9,19H,10-11H2,1-3H3. The predicted molar refractivity (Wildman–Crippen MR) is 81.2 cm³/mol. The summed E-state index contributed by atoms with van der Waals surface area (Å²) in [6, 6.07) is 10.7. The Morgan fingerprint density at radius 2 is 1.90 bits per heavy atom. The molecule has 2 rings (SSSR count). The maximum atomic E-state index is 13.8. The molecule has 0 aromatic heterocycles. The van der Waals surface area contributed by atoms with Gasteiger partial charge >= 0.3 is 0 Å². The van der Waals surface area contributed by atoms with Gasteiger partial charge < -0.3 is 14.8 Å². The third-order valence-electron chi connectivity index (χ3n) is 3.19. The Morgan fingerprint density at radius 3 is 2.62 bits per heavy atom. The van der Waals surface area contributed by atoms with E-state index >= 15 is 0 Å². The van der Waals surface area contributed by atoms with Crippen molar-refractivity contribution in [1.82, 2.24) is 5.32 Å². The molecule has 2 aromatic rings. The van der Waals surface area contributed by atoms with E-state index in [2.05, 4.69) is 5.32 Å². The fourth-order valence-electron chi connectivity index (χ4n) is 2.10. The minimum atomic E-state index is -0.263. The molecule has 0 aliphatic rings. The minimum absolute atomic E-state index is 0.169. The summed E-state index contributed by atoms with van der Waals surface area (Å²) in [4.78, 5) is 0. The van der Waals surface area contributed by atoms with Crippen LogP contribution in [0, 0.1) is 12.7 Å². The van der Waals surface area contributed by atoms with Crippen molar-refractivity contribution in [3.05, 3.63) is 58.9 Å². The third-order valence-corrected chi connectivity index (χ3v) is 3.19. The van der Waals surface area contributed by atoms with E-state index < -0.39 is 0 Å². The smallest absolute Gasteiger partial charge is 0.161 e. The summed E-state index contributed by atoms with van der Waals surface area (Å²) in [5, 5.41) is 3.05. The zero-order valence-electron chi connectivity index (χ0n) is 12.6. The molecule has 0 fully saturated rings. The summed E-state index contributed by atoms with van der Waals surface area (Å²) in [6.07, 6.45) is 0. The summed E-state index contributed by atoms with van der Waals surface area (Å²) in [5.74, 6) is 1.00. The second-order valence-electron chi connectivity index (χ2n) is 4.90. The van der Waals surface area contributed by atoms with Gasteiger partial charge in [-0.05, 0) is 49.4 Å². The van der Waals surface area contributed by atoms with E-state index in [0.29, 0.717) is 23.6 Å². The molecule has 0 amide bonds. The molecule has 0 heterocycles. The highest BCUT2D eigenvalue weighted by Crippen LogP contribution is 2.28. The fourth-order valence-corrected chi connectivity index (χ4v) is 2.10. The summed E-state index contributed by atoms with van der Waals surface area (Å²) < 4.78 is 24.8. The number of aryl methyl sites for hydroxylation is 1. The van der Waals surface area contributed by atoms with Crippen molar-refractivity contribution < 1.29 is 13.9 Å². The predicted octanol–water partition coefficient (Wildman–Crippen LogP) is 3.44. The van der Waals surface area contributed by atoms with Gasteiger partial charge in [0.2, 0.25) is 0 Å². The van der Waals surface area contributed by atoms with Gasteiger partial charge in [-0.1, -0.05) is 12.1 Å². The number of halogens is 1. The van der Waals surface area contributed by atoms with Gasteiger partial charge in [-0.2, -0.15) is 0 Å². The Kier molecular flexibility index (Phi) is 5.17. The molecule has 3 nitrogen and oxygen atoms in total. The van der Waals surface area contributed by atoms with Crippen LogP contribution in [0.1, 0.15) is 16.7 Å². The van der Waals surface area contributed by atoms with Crippen LogP contribution in [0.4, 0.5) is 4.39 Å². The first kappa shape index (κ1) is 15.3. The lowest BCUT2D eigenvalue weighted by Gasteiger charge is -2.12. The second kappa shape index (κ2) is 7.09. The summed E-state index contributed by atoms with van der Waals surface area (Å²) in [5.41, 5.74) is 2.64. The molecule has 0 aliphatic heterocycles. The van der Waals surface area contributed by atoms with Gasteiger partial charge in [-0.15, -0.1) is 0 Å². The van der Waals surface area contributed by atoms with Crippen LogP contribution in [0.5, 0.6) is 11.5 Å². The lowest BCUT2D eigenvalue weighted by molar-refractivity contribution is 0.279. The number of hydrogen-bond acceptors (Lipinski definition) is 3. The number of hydrogen-bond donors (Lipinski definition) is 1. The molecule has 2 aromatic carbocycles. The first-order valence-corrected chi connectivity index (χ1v) is 6.83. The highest BCUT2D eigenvalue weighted by Gasteiger charge is 2.08. The van der Waals surface area contributed by atoms with Gasteiger partial charge in [0, 0.05) is 12.1 Å². The van der Waals surface area contributed by atoms with Crippen molar-refractivity contribution in [2.24, 2.45) is 0 Å². The van der Waals surface area contributed by atoms with E-state index in [9.17, 15) is 4.39 Å². The second-order valence-corrected chi connectivity index (χ2v) is 4.90. The van der Waals surface area contributed by atoms with Crippen molar-refractivity contribution in [2.45, 2.75) is 20.1 Å². The Morgan fingerprint density at radius 1 is 1.10 bits per heavy atom. The number of benzene rings is 2. The Hall–Kier alpha value is -2.07. The van der Waals surface area contributed by atoms with Crippen molar-refractivity contribution in [1.29, 1.82) is 0 Å². The van der Waals surface area contributed by atoms with Gasteiger partial charge in [0.25, 0.3) is 0 Å². The van der Waals surface area contributed by atoms with Crippen LogP contribution in [0.2, 0.25) is 0 Å². The maximum absolute atomic E-state index is 13.8. The first-order valence-electron chi connectivity index (χ1n) is 6.83. The molecule has 0 bridgehead atoms. The highest BCUT2D eigenvalue weighted by molar-refractivity contribution is 5.42. The monoisotopic (exact) mass is 289 g/mol. The lowest BCUT2D eigenvalue weighted by Crippen LogP contribution is -2.07. The zero-order chi connectivity index (χ0) is 15.2. The topological polar surface area (TPSA) is 30.5 Å². The molecule has 0 radical (unpaired) electrons. The maximum Gasteiger partial charge on any atom is 0.161 e. The van der Waals surface area contributed by atoms with E-state index in [1.807, 2.05) is 38.2 Å². The normalized spacial score (nSPS) is 10.5. The molecule has 0 unspecified atom stereocenters. The summed E-state index contributed by atoms with van der Waals surface area (Å²) >= 11 is 0. The average Bonchev–Trinajstić information content (AvgIpc) is 2.49. The van der Waals surface area contributed by atoms with Gasteiger partial charge in [0.15, 0.2) is 11.5 Å². The first-order chi connectivity index (χ1) is 10.1. The molecule has 4 heteroatoms. The average molecular weight is 289 g/mol. The van der Waals surface area contributed by atoms with Gasteiger partial charge in [0.1, 0.15) is 12.4 Å². The molecule has 21 heavy (non-hydrogen) atoms. The van der Waals surface area contributed by atoms with E-state index in [-0.39, 0.29) is 12.4 Å². The summed E-state index contributed by atoms with van der Waals surface area (Å²) in [7, 11) is 3.45. The molecule has 0 saturated carbocycles. The number of methoxy groups -OCH3 is 1. The van der Waals surface area contributed by atoms with Gasteiger partial charge in [0.05, 0.1) is 7.11 Å². The number of nitrogens with one attached hydrogen (secondary N) is 1. The molecular weight excluding hydrogens is 269 g/mol. The molecule has 0 atom stereocenters. The number of ether oxygens (including phenoxy) is 2. The highest BCUT2D eigenvalue weighted by atomic mass is 19.1. The fraction of sp³-hybridized carbons (Fsp3) is 0.294. The SMILES string of the molecule is CNCc1ccc(F)c(COc2ccc(C)cc2OC)c1. The van der Waals surface area contributed by atoms with Crippen LogP contribution in [0.3, 0.4) is 0 Å². The van der Waals surface area contributed by atoms with Crippen LogP contribution in [-0.4, -0.2) is 14.2 Å². The van der Waals surface area contributed by atoms with Crippen molar-refractivity contribution in [3.8, 4) is 11.5 Å². The van der Waals surface area contributed by atoms with Crippen LogP contribution in [-0.2, 0) is 13.2 Å². The van der Waals surface area contributed by atoms with E-state index in [1.165, 1.54) is 6.07 Å². The molecule has 0 saturated heterocycles. The van der Waals surface area contributed by atoms with Gasteiger partial charge in [-0.25, -0.2) is 4.39 Å². The van der Waals surface area contributed by atoms with Crippen molar-refractivity contribution in [2.75, 3.05) is 14.2 Å². The zero-order valence-corrected chi connectivity index (χ0v) is 12.6. The van der Waals surface area contributed by atoms with Crippen molar-refractivity contribution >= 4 is 0 Å². The van der Waals surface area contributed by atoms with Crippen molar-refractivity contribution in [3.63, 3.8) is 0 Å². The van der Waals surface area contributed by atoms with Crippen LogP contribution < -0.4 is 14.8 Å². The molecule has 112 valence electrons. The third kappa shape index (κ3) is 3.95. The van der Waals surface area contributed by atoms with Crippen LogP contribution in [0.25, 0.3) is 0 Å². The Bertz CT molecular complexity index is 614. The lowest BCUT2D eigenvalue weighted by atomic mass is 10.1. The number of rotatable bonds is 6. The van der Waals surface area contributed by atoms with Gasteiger partial charge in [-0.3, -0.25) is 0 Å². The van der Waals surface area contributed by atoms with Crippen LogP contribution in [0.15, 0.2) is 36.4 Å². The Labute approximate surface area is 124 Å². The quantitative estimate of drug-likeness (QED) is 0.883. The minimum Gasteiger partial charge on any atom is -0.493 e. The molecule has 0 spiro atoms. The molecular formula is C17H20FNO2. The van der Waals surface area contributed by atoms with E-state index in [4.69, 9.17) is 9.47 Å². The van der Waals surface area contributed by atoms with E-state index in [1.54, 1.807) is 13.2 Å². The van der Waals surface area contributed by atoms with E-state index in [0.717, 1.165) is 11.1 Å². The molecule has 1 N–H and O–H groups in total.